The number of nitrogens with zero attached hydrogens (tertiary/aromatic N) is 1. The Balaban J connectivity index is 1.52. The molecule has 0 bridgehead atoms. The lowest BCUT2D eigenvalue weighted by atomic mass is 9.99. The van der Waals surface area contributed by atoms with E-state index >= 15 is 0 Å². The maximum Gasteiger partial charge on any atom is 0.409 e. The average Bonchev–Trinajstić information content (AvgIpc) is 2.76. The van der Waals surface area contributed by atoms with E-state index in [1.54, 1.807) is 11.8 Å². The summed E-state index contributed by atoms with van der Waals surface area (Å²) in [5, 5.41) is 5.20. The SMILES string of the molecule is CCOC(=O)N1CCC(NC(=O)C[NH2+]C(c2ccccc2)c2ccccc2)CC1. The van der Waals surface area contributed by atoms with E-state index in [4.69, 9.17) is 4.74 Å². The quantitative estimate of drug-likeness (QED) is 0.752. The molecular weight excluding hydrogens is 366 g/mol. The Morgan fingerprint density at radius 2 is 1.59 bits per heavy atom. The second-order valence-electron chi connectivity index (χ2n) is 7.27. The monoisotopic (exact) mass is 396 g/mol. The van der Waals surface area contributed by atoms with Crippen LogP contribution in [0.25, 0.3) is 0 Å². The number of nitrogens with one attached hydrogen (secondary N) is 1. The Bertz CT molecular complexity index is 735. The molecule has 1 heterocycles. The Kier molecular flexibility index (Phi) is 7.64. The van der Waals surface area contributed by atoms with Crippen LogP contribution in [0, 0.1) is 0 Å². The van der Waals surface area contributed by atoms with Crippen molar-refractivity contribution < 1.29 is 19.6 Å². The predicted octanol–water partition coefficient (Wildman–Crippen LogP) is 2.08. The van der Waals surface area contributed by atoms with Crippen LogP contribution in [0.1, 0.15) is 36.9 Å². The fourth-order valence-electron chi connectivity index (χ4n) is 3.72. The van der Waals surface area contributed by atoms with E-state index in [1.807, 2.05) is 36.4 Å². The molecule has 0 unspecified atom stereocenters. The second kappa shape index (κ2) is 10.6. The van der Waals surface area contributed by atoms with Gasteiger partial charge in [-0.05, 0) is 19.8 Å². The number of ether oxygens (including phenoxy) is 1. The van der Waals surface area contributed by atoms with Crippen LogP contribution in [0.5, 0.6) is 0 Å². The number of rotatable bonds is 7. The van der Waals surface area contributed by atoms with E-state index in [1.165, 1.54) is 11.1 Å². The molecule has 29 heavy (non-hydrogen) atoms. The van der Waals surface area contributed by atoms with Gasteiger partial charge in [-0.15, -0.1) is 0 Å². The zero-order valence-electron chi connectivity index (χ0n) is 16.9. The van der Waals surface area contributed by atoms with Crippen LogP contribution in [0.4, 0.5) is 4.79 Å². The van der Waals surface area contributed by atoms with Gasteiger partial charge in [-0.25, -0.2) is 4.79 Å². The van der Waals surface area contributed by atoms with E-state index in [0.717, 1.165) is 12.8 Å². The van der Waals surface area contributed by atoms with Crippen LogP contribution in [-0.4, -0.2) is 49.2 Å². The van der Waals surface area contributed by atoms with Crippen molar-refractivity contribution >= 4 is 12.0 Å². The first kappa shape index (κ1) is 20.9. The summed E-state index contributed by atoms with van der Waals surface area (Å²) in [5.74, 6) is 0.0245. The third-order valence-corrected chi connectivity index (χ3v) is 5.24. The summed E-state index contributed by atoms with van der Waals surface area (Å²) in [6.07, 6.45) is 1.25. The molecule has 0 radical (unpaired) electrons. The van der Waals surface area contributed by atoms with Crippen molar-refractivity contribution in [2.24, 2.45) is 0 Å². The van der Waals surface area contributed by atoms with Gasteiger partial charge in [0.05, 0.1) is 6.61 Å². The van der Waals surface area contributed by atoms with Crippen molar-refractivity contribution in [2.45, 2.75) is 31.8 Å². The van der Waals surface area contributed by atoms with E-state index < -0.39 is 0 Å². The minimum absolute atomic E-state index is 0.0245. The average molecular weight is 397 g/mol. The Morgan fingerprint density at radius 3 is 2.10 bits per heavy atom. The first-order valence-corrected chi connectivity index (χ1v) is 10.3. The van der Waals surface area contributed by atoms with Gasteiger partial charge < -0.3 is 20.3 Å². The number of quaternary nitrogens is 1. The summed E-state index contributed by atoms with van der Waals surface area (Å²) in [6, 6.07) is 20.7. The first-order chi connectivity index (χ1) is 14.2. The van der Waals surface area contributed by atoms with Gasteiger partial charge in [0.15, 0.2) is 6.54 Å². The number of hydrogen-bond acceptors (Lipinski definition) is 3. The van der Waals surface area contributed by atoms with Crippen molar-refractivity contribution in [1.29, 1.82) is 0 Å². The normalized spacial score (nSPS) is 14.6. The van der Waals surface area contributed by atoms with Gasteiger partial charge in [0.25, 0.3) is 5.91 Å². The summed E-state index contributed by atoms with van der Waals surface area (Å²) in [5.41, 5.74) is 2.35. The van der Waals surface area contributed by atoms with Crippen molar-refractivity contribution in [3.8, 4) is 0 Å². The summed E-state index contributed by atoms with van der Waals surface area (Å²) < 4.78 is 5.04. The van der Waals surface area contributed by atoms with Gasteiger partial charge in [-0.1, -0.05) is 60.7 Å². The lowest BCUT2D eigenvalue weighted by Gasteiger charge is -2.31. The van der Waals surface area contributed by atoms with Crippen molar-refractivity contribution in [2.75, 3.05) is 26.2 Å². The molecule has 0 atom stereocenters. The molecule has 1 aliphatic rings. The molecule has 6 heteroatoms. The van der Waals surface area contributed by atoms with Gasteiger partial charge in [-0.2, -0.15) is 0 Å². The molecule has 2 amide bonds. The zero-order valence-corrected chi connectivity index (χ0v) is 16.9. The zero-order chi connectivity index (χ0) is 20.5. The van der Waals surface area contributed by atoms with Crippen molar-refractivity contribution in [1.82, 2.24) is 10.2 Å². The topological polar surface area (TPSA) is 75.2 Å². The smallest absolute Gasteiger partial charge is 0.409 e. The number of piperidine rings is 1. The van der Waals surface area contributed by atoms with Crippen LogP contribution in [0.15, 0.2) is 60.7 Å². The molecule has 1 aliphatic heterocycles. The second-order valence-corrected chi connectivity index (χ2v) is 7.27. The van der Waals surface area contributed by atoms with Crippen LogP contribution in [-0.2, 0) is 9.53 Å². The molecule has 0 saturated carbocycles. The summed E-state index contributed by atoms with van der Waals surface area (Å²) in [6.45, 7) is 3.77. The standard InChI is InChI=1S/C23H29N3O3/c1-2-29-23(28)26-15-13-20(14-16-26)25-21(27)17-24-22(18-9-5-3-6-10-18)19-11-7-4-8-12-19/h3-12,20,22,24H,2,13-17H2,1H3,(H,25,27)/p+1. The molecule has 0 aromatic heterocycles. The van der Waals surface area contributed by atoms with E-state index in [0.29, 0.717) is 26.2 Å². The van der Waals surface area contributed by atoms with Gasteiger partial charge >= 0.3 is 6.09 Å². The van der Waals surface area contributed by atoms with Crippen molar-refractivity contribution in [3.63, 3.8) is 0 Å². The summed E-state index contributed by atoms with van der Waals surface area (Å²) in [7, 11) is 0. The number of amides is 2. The third-order valence-electron chi connectivity index (χ3n) is 5.24. The molecule has 3 N–H and O–H groups in total. The van der Waals surface area contributed by atoms with Gasteiger partial charge in [0, 0.05) is 30.3 Å². The predicted molar refractivity (Wildman–Crippen MR) is 111 cm³/mol. The number of likely N-dealkylation sites (tertiary alicyclic amines) is 1. The van der Waals surface area contributed by atoms with Crippen LogP contribution in [0.2, 0.25) is 0 Å². The van der Waals surface area contributed by atoms with Crippen molar-refractivity contribution in [3.05, 3.63) is 71.8 Å². The van der Waals surface area contributed by atoms with Gasteiger partial charge in [-0.3, -0.25) is 4.79 Å². The molecule has 2 aromatic carbocycles. The molecule has 3 rings (SSSR count). The Morgan fingerprint density at radius 1 is 1.03 bits per heavy atom. The Labute approximate surface area is 172 Å². The largest absolute Gasteiger partial charge is 0.450 e. The number of carbonyl (C=O) groups is 2. The highest BCUT2D eigenvalue weighted by molar-refractivity contribution is 5.77. The molecule has 154 valence electrons. The highest BCUT2D eigenvalue weighted by atomic mass is 16.6. The summed E-state index contributed by atoms with van der Waals surface area (Å²) in [4.78, 5) is 26.0. The molecule has 2 aromatic rings. The molecule has 0 aliphatic carbocycles. The van der Waals surface area contributed by atoms with Crippen LogP contribution >= 0.6 is 0 Å². The minimum Gasteiger partial charge on any atom is -0.450 e. The minimum atomic E-state index is -0.265. The lowest BCUT2D eigenvalue weighted by Crippen LogP contribution is -2.88. The number of benzene rings is 2. The molecule has 1 fully saturated rings. The molecule has 0 spiro atoms. The third kappa shape index (κ3) is 6.06. The fourth-order valence-corrected chi connectivity index (χ4v) is 3.72. The van der Waals surface area contributed by atoms with Gasteiger partial charge in [0.1, 0.15) is 6.04 Å². The first-order valence-electron chi connectivity index (χ1n) is 10.3. The van der Waals surface area contributed by atoms with E-state index in [9.17, 15) is 9.59 Å². The molecular formula is C23H30N3O3+. The fraction of sp³-hybridized carbons (Fsp3) is 0.391. The highest BCUT2D eigenvalue weighted by Gasteiger charge is 2.25. The summed E-state index contributed by atoms with van der Waals surface area (Å²) >= 11 is 0. The maximum absolute atomic E-state index is 12.5. The number of hydrogen-bond donors (Lipinski definition) is 2. The number of nitrogens with two attached hydrogens (primary N) is 1. The van der Waals surface area contributed by atoms with E-state index in [2.05, 4.69) is 34.9 Å². The molecule has 6 nitrogen and oxygen atoms in total. The van der Waals surface area contributed by atoms with Crippen LogP contribution in [0.3, 0.4) is 0 Å². The number of carbonyl (C=O) groups excluding carboxylic acids is 2. The van der Waals surface area contributed by atoms with E-state index in [-0.39, 0.29) is 24.1 Å². The van der Waals surface area contributed by atoms with Gasteiger partial charge in [0.2, 0.25) is 0 Å². The molecule has 1 saturated heterocycles. The Hall–Kier alpha value is -2.86. The van der Waals surface area contributed by atoms with Crippen LogP contribution < -0.4 is 10.6 Å². The lowest BCUT2D eigenvalue weighted by molar-refractivity contribution is -0.676. The maximum atomic E-state index is 12.5. The highest BCUT2D eigenvalue weighted by Crippen LogP contribution is 2.17.